The SMILES string of the molecule is OCCNc1ccc2c(n1)-c1cc(-c3ncnn3-c3ccc(F)cc3F)sc1CCO2. The van der Waals surface area contributed by atoms with Crippen LogP contribution in [0.15, 0.2) is 42.7 Å². The zero-order valence-electron chi connectivity index (χ0n) is 16.2. The van der Waals surface area contributed by atoms with Crippen LogP contribution in [0.1, 0.15) is 4.88 Å². The topological polar surface area (TPSA) is 85.1 Å². The molecule has 0 saturated carbocycles. The van der Waals surface area contributed by atoms with Crippen LogP contribution < -0.4 is 10.1 Å². The fourth-order valence-corrected chi connectivity index (χ4v) is 4.58. The molecule has 0 aliphatic carbocycles. The van der Waals surface area contributed by atoms with E-state index in [4.69, 9.17) is 9.84 Å². The lowest BCUT2D eigenvalue weighted by molar-refractivity contribution is 0.311. The summed E-state index contributed by atoms with van der Waals surface area (Å²) >= 11 is 1.51. The molecular formula is C21H17F2N5O2S. The van der Waals surface area contributed by atoms with Crippen molar-refractivity contribution in [2.75, 3.05) is 25.1 Å². The molecule has 7 nitrogen and oxygen atoms in total. The van der Waals surface area contributed by atoms with Gasteiger partial charge in [0.05, 0.1) is 18.1 Å². The summed E-state index contributed by atoms with van der Waals surface area (Å²) in [6, 6.07) is 8.95. The zero-order valence-corrected chi connectivity index (χ0v) is 17.0. The third-order valence-electron chi connectivity index (χ3n) is 4.83. The van der Waals surface area contributed by atoms with E-state index in [0.717, 1.165) is 21.4 Å². The Morgan fingerprint density at radius 1 is 1.19 bits per heavy atom. The molecule has 3 aromatic heterocycles. The lowest BCUT2D eigenvalue weighted by atomic mass is 10.1. The summed E-state index contributed by atoms with van der Waals surface area (Å²) in [7, 11) is 0. The first-order valence-electron chi connectivity index (χ1n) is 9.61. The molecule has 1 aromatic carbocycles. The smallest absolute Gasteiger partial charge is 0.173 e. The van der Waals surface area contributed by atoms with Gasteiger partial charge in [0.25, 0.3) is 0 Å². The largest absolute Gasteiger partial charge is 0.491 e. The minimum atomic E-state index is -0.718. The van der Waals surface area contributed by atoms with Crippen LogP contribution >= 0.6 is 11.3 Å². The van der Waals surface area contributed by atoms with Crippen LogP contribution in [0.3, 0.4) is 0 Å². The Bertz CT molecular complexity index is 1260. The van der Waals surface area contributed by atoms with Crippen LogP contribution in [0.2, 0.25) is 0 Å². The molecule has 5 rings (SSSR count). The minimum Gasteiger partial charge on any atom is -0.491 e. The third-order valence-corrected chi connectivity index (χ3v) is 6.02. The molecule has 158 valence electrons. The van der Waals surface area contributed by atoms with E-state index in [9.17, 15) is 8.78 Å². The standard InChI is InChI=1S/C21H17F2N5O2S/c22-12-1-2-15(14(23)9-12)28-21(25-11-26-28)18-10-13-17(31-18)5-8-30-16-3-4-19(24-6-7-29)27-20(13)16/h1-4,9-11,29H,5-8H2,(H,24,27). The van der Waals surface area contributed by atoms with Crippen molar-refractivity contribution >= 4 is 17.2 Å². The van der Waals surface area contributed by atoms with E-state index in [1.807, 2.05) is 12.1 Å². The number of fused-ring (bicyclic) bond motifs is 3. The molecule has 1 aliphatic heterocycles. The number of hydrogen-bond donors (Lipinski definition) is 2. The number of thiophene rings is 1. The van der Waals surface area contributed by atoms with E-state index in [0.29, 0.717) is 42.7 Å². The molecule has 0 spiro atoms. The maximum absolute atomic E-state index is 14.4. The number of aromatic nitrogens is 4. The molecule has 0 unspecified atom stereocenters. The second kappa shape index (κ2) is 8.05. The van der Waals surface area contributed by atoms with Crippen molar-refractivity contribution in [3.8, 4) is 33.4 Å². The summed E-state index contributed by atoms with van der Waals surface area (Å²) < 4.78 is 34.9. The van der Waals surface area contributed by atoms with Gasteiger partial charge in [0.1, 0.15) is 35.1 Å². The first-order chi connectivity index (χ1) is 15.1. The van der Waals surface area contributed by atoms with Crippen molar-refractivity contribution in [1.82, 2.24) is 19.7 Å². The molecule has 0 fully saturated rings. The number of aliphatic hydroxyl groups excluding tert-OH is 1. The Morgan fingerprint density at radius 2 is 2.10 bits per heavy atom. The Hall–Kier alpha value is -3.37. The van der Waals surface area contributed by atoms with Gasteiger partial charge >= 0.3 is 0 Å². The van der Waals surface area contributed by atoms with Gasteiger partial charge in [-0.1, -0.05) is 0 Å². The second-order valence-electron chi connectivity index (χ2n) is 6.83. The van der Waals surface area contributed by atoms with Gasteiger partial charge in [0.2, 0.25) is 0 Å². The molecule has 0 amide bonds. The Labute approximate surface area is 180 Å². The summed E-state index contributed by atoms with van der Waals surface area (Å²) in [6.07, 6.45) is 2.03. The molecule has 1 aliphatic rings. The molecule has 0 saturated heterocycles. The lowest BCUT2D eigenvalue weighted by Crippen LogP contribution is -2.07. The fraction of sp³-hybridized carbons (Fsp3) is 0.190. The first kappa shape index (κ1) is 19.6. The summed E-state index contributed by atoms with van der Waals surface area (Å²) in [5, 5.41) is 16.3. The Morgan fingerprint density at radius 3 is 2.94 bits per heavy atom. The van der Waals surface area contributed by atoms with Gasteiger partial charge < -0.3 is 15.2 Å². The van der Waals surface area contributed by atoms with Crippen molar-refractivity contribution in [2.45, 2.75) is 6.42 Å². The van der Waals surface area contributed by atoms with Gasteiger partial charge in [0, 0.05) is 29.5 Å². The molecule has 4 heterocycles. The Balaban J connectivity index is 1.59. The van der Waals surface area contributed by atoms with Gasteiger partial charge in [0.15, 0.2) is 11.6 Å². The number of anilines is 1. The molecular weight excluding hydrogens is 424 g/mol. The van der Waals surface area contributed by atoms with Crippen LogP contribution in [-0.2, 0) is 6.42 Å². The number of pyridine rings is 1. The molecule has 4 aromatic rings. The van der Waals surface area contributed by atoms with Crippen molar-refractivity contribution in [3.63, 3.8) is 0 Å². The van der Waals surface area contributed by atoms with E-state index in [1.165, 1.54) is 34.5 Å². The van der Waals surface area contributed by atoms with Gasteiger partial charge in [-0.25, -0.2) is 23.4 Å². The molecule has 10 heteroatoms. The normalized spacial score (nSPS) is 12.6. The van der Waals surface area contributed by atoms with Crippen molar-refractivity contribution < 1.29 is 18.6 Å². The van der Waals surface area contributed by atoms with Gasteiger partial charge in [-0.15, -0.1) is 11.3 Å². The zero-order chi connectivity index (χ0) is 21.4. The van der Waals surface area contributed by atoms with Crippen molar-refractivity contribution in [2.24, 2.45) is 0 Å². The highest BCUT2D eigenvalue weighted by atomic mass is 32.1. The highest BCUT2D eigenvalue weighted by Crippen LogP contribution is 2.42. The van der Waals surface area contributed by atoms with Gasteiger partial charge in [-0.3, -0.25) is 0 Å². The monoisotopic (exact) mass is 441 g/mol. The number of ether oxygens (including phenoxy) is 1. The summed E-state index contributed by atoms with van der Waals surface area (Å²) in [5.41, 5.74) is 1.72. The van der Waals surface area contributed by atoms with E-state index >= 15 is 0 Å². The minimum absolute atomic E-state index is 0.00127. The average Bonchev–Trinajstić information content (AvgIpc) is 3.37. The predicted molar refractivity (Wildman–Crippen MR) is 113 cm³/mol. The predicted octanol–water partition coefficient (Wildman–Crippen LogP) is 3.68. The number of nitrogens with zero attached hydrogens (tertiary/aromatic N) is 4. The maximum Gasteiger partial charge on any atom is 0.173 e. The van der Waals surface area contributed by atoms with Gasteiger partial charge in [-0.05, 0) is 30.3 Å². The number of halogens is 2. The quantitative estimate of drug-likeness (QED) is 0.492. The molecule has 0 atom stereocenters. The summed E-state index contributed by atoms with van der Waals surface area (Å²) in [6.45, 7) is 0.893. The molecule has 0 radical (unpaired) electrons. The number of hydrogen-bond acceptors (Lipinski definition) is 7. The lowest BCUT2D eigenvalue weighted by Gasteiger charge is -2.10. The van der Waals surface area contributed by atoms with Crippen LogP contribution in [0.25, 0.3) is 27.6 Å². The maximum atomic E-state index is 14.4. The van der Waals surface area contributed by atoms with E-state index < -0.39 is 11.6 Å². The Kier molecular flexibility index (Phi) is 5.08. The number of nitrogens with one attached hydrogen (secondary N) is 1. The number of benzene rings is 1. The molecule has 2 N–H and O–H groups in total. The van der Waals surface area contributed by atoms with Crippen LogP contribution in [0, 0.1) is 11.6 Å². The van der Waals surface area contributed by atoms with Gasteiger partial charge in [-0.2, -0.15) is 5.10 Å². The highest BCUT2D eigenvalue weighted by Gasteiger charge is 2.23. The van der Waals surface area contributed by atoms with E-state index in [1.54, 1.807) is 6.07 Å². The van der Waals surface area contributed by atoms with E-state index in [2.05, 4.69) is 20.4 Å². The third kappa shape index (κ3) is 3.64. The van der Waals surface area contributed by atoms with Crippen LogP contribution in [0.5, 0.6) is 5.75 Å². The highest BCUT2D eigenvalue weighted by molar-refractivity contribution is 7.16. The molecule has 31 heavy (non-hydrogen) atoms. The molecule has 0 bridgehead atoms. The van der Waals surface area contributed by atoms with Crippen LogP contribution in [-0.4, -0.2) is 44.6 Å². The number of rotatable bonds is 5. The average molecular weight is 441 g/mol. The van der Waals surface area contributed by atoms with Crippen molar-refractivity contribution in [3.05, 3.63) is 59.2 Å². The second-order valence-corrected chi connectivity index (χ2v) is 7.97. The summed E-state index contributed by atoms with van der Waals surface area (Å²) in [4.78, 5) is 10.8. The number of aliphatic hydroxyl groups is 1. The fourth-order valence-electron chi connectivity index (χ4n) is 3.46. The summed E-state index contributed by atoms with van der Waals surface area (Å²) in [5.74, 6) is 0.391. The first-order valence-corrected chi connectivity index (χ1v) is 10.4. The van der Waals surface area contributed by atoms with Crippen LogP contribution in [0.4, 0.5) is 14.6 Å². The van der Waals surface area contributed by atoms with E-state index in [-0.39, 0.29) is 12.3 Å². The van der Waals surface area contributed by atoms with Crippen molar-refractivity contribution in [1.29, 1.82) is 0 Å².